The highest BCUT2D eigenvalue weighted by Gasteiger charge is 2.64. The van der Waals surface area contributed by atoms with Crippen LogP contribution in [0.5, 0.6) is 5.75 Å². The van der Waals surface area contributed by atoms with Crippen LogP contribution in [-0.4, -0.2) is 70.2 Å². The van der Waals surface area contributed by atoms with Crippen molar-refractivity contribution in [2.45, 2.75) is 75.0 Å². The summed E-state index contributed by atoms with van der Waals surface area (Å²) in [4.78, 5) is 22.4. The van der Waals surface area contributed by atoms with Crippen LogP contribution >= 0.6 is 0 Å². The van der Waals surface area contributed by atoms with E-state index in [2.05, 4.69) is 35.0 Å². The van der Waals surface area contributed by atoms with Gasteiger partial charge in [0.2, 0.25) is 5.91 Å². The summed E-state index contributed by atoms with van der Waals surface area (Å²) in [6.45, 7) is 4.87. The molecule has 0 radical (unpaired) electrons. The minimum absolute atomic E-state index is 0.0337. The van der Waals surface area contributed by atoms with Crippen molar-refractivity contribution < 1.29 is 14.6 Å². The molecule has 6 heteroatoms. The summed E-state index contributed by atoms with van der Waals surface area (Å²) in [7, 11) is 1.71. The largest absolute Gasteiger partial charge is 0.497 e. The average molecular weight is 476 g/mol. The lowest BCUT2D eigenvalue weighted by atomic mass is 9.52. The van der Waals surface area contributed by atoms with Crippen molar-refractivity contribution in [3.63, 3.8) is 0 Å². The quantitative estimate of drug-likeness (QED) is 0.719. The van der Waals surface area contributed by atoms with Crippen LogP contribution in [0.15, 0.2) is 42.6 Å². The van der Waals surface area contributed by atoms with Gasteiger partial charge in [-0.25, -0.2) is 0 Å². The van der Waals surface area contributed by atoms with E-state index in [0.717, 1.165) is 49.7 Å². The summed E-state index contributed by atoms with van der Waals surface area (Å²) in [6, 6.07) is 12.2. The first-order chi connectivity index (χ1) is 16.9. The van der Waals surface area contributed by atoms with Gasteiger partial charge in [0, 0.05) is 42.5 Å². The molecule has 186 valence electrons. The third-order valence-electron chi connectivity index (χ3n) is 9.38. The molecule has 1 saturated carbocycles. The highest BCUT2D eigenvalue weighted by Crippen LogP contribution is 2.57. The number of benzene rings is 1. The summed E-state index contributed by atoms with van der Waals surface area (Å²) in [5, 5.41) is 12.8. The molecule has 0 spiro atoms. The number of carbonyl (C=O) groups excluding carboxylic acids is 1. The second-order valence-corrected chi connectivity index (χ2v) is 11.3. The van der Waals surface area contributed by atoms with Crippen molar-refractivity contribution in [3.05, 3.63) is 59.4 Å². The number of rotatable bonds is 5. The molecule has 2 aromatic rings. The van der Waals surface area contributed by atoms with Gasteiger partial charge in [0.25, 0.3) is 0 Å². The van der Waals surface area contributed by atoms with Gasteiger partial charge in [-0.3, -0.25) is 14.7 Å². The number of hydrogen-bond donors (Lipinski definition) is 1. The maximum Gasteiger partial charge on any atom is 0.228 e. The van der Waals surface area contributed by atoms with Gasteiger partial charge in [-0.15, -0.1) is 0 Å². The molecule has 6 rings (SSSR count). The molecule has 1 aromatic heterocycles. The first-order valence-corrected chi connectivity index (χ1v) is 13.3. The van der Waals surface area contributed by atoms with E-state index in [1.807, 2.05) is 23.1 Å². The van der Waals surface area contributed by atoms with E-state index in [1.165, 1.54) is 24.0 Å². The van der Waals surface area contributed by atoms with Crippen molar-refractivity contribution in [1.29, 1.82) is 0 Å². The van der Waals surface area contributed by atoms with Crippen LogP contribution in [0.1, 0.15) is 55.8 Å². The second-order valence-electron chi connectivity index (χ2n) is 11.3. The minimum atomic E-state index is -0.876. The zero-order chi connectivity index (χ0) is 24.2. The van der Waals surface area contributed by atoms with E-state index in [4.69, 9.17) is 4.74 Å². The predicted molar refractivity (Wildman–Crippen MR) is 134 cm³/mol. The number of ether oxygens (including phenoxy) is 1. The number of amides is 1. The number of carbonyl (C=O) groups is 1. The van der Waals surface area contributed by atoms with Crippen molar-refractivity contribution >= 4 is 5.91 Å². The summed E-state index contributed by atoms with van der Waals surface area (Å²) < 4.78 is 5.62. The van der Waals surface area contributed by atoms with Crippen LogP contribution < -0.4 is 4.74 Å². The predicted octanol–water partition coefficient (Wildman–Crippen LogP) is 3.35. The van der Waals surface area contributed by atoms with Gasteiger partial charge in [-0.2, -0.15) is 0 Å². The van der Waals surface area contributed by atoms with Gasteiger partial charge in [0.15, 0.2) is 0 Å². The number of hydrogen-bond acceptors (Lipinski definition) is 5. The monoisotopic (exact) mass is 475 g/mol. The van der Waals surface area contributed by atoms with Crippen LogP contribution in [0.3, 0.4) is 0 Å². The molecule has 1 amide bonds. The van der Waals surface area contributed by atoms with Crippen LogP contribution in [0.25, 0.3) is 0 Å². The molecule has 2 aliphatic carbocycles. The Bertz CT molecular complexity index is 1100. The summed E-state index contributed by atoms with van der Waals surface area (Å²) in [5.74, 6) is 1.73. The number of aromatic nitrogens is 1. The van der Waals surface area contributed by atoms with Gasteiger partial charge in [0.1, 0.15) is 5.75 Å². The molecule has 3 heterocycles. The number of pyridine rings is 1. The normalized spacial score (nSPS) is 32.4. The lowest BCUT2D eigenvalue weighted by Gasteiger charge is -2.61. The van der Waals surface area contributed by atoms with Crippen molar-refractivity contribution in [2.75, 3.05) is 26.7 Å². The topological polar surface area (TPSA) is 65.9 Å². The van der Waals surface area contributed by atoms with Crippen LogP contribution in [0.4, 0.5) is 0 Å². The lowest BCUT2D eigenvalue weighted by molar-refractivity contribution is -0.153. The fourth-order valence-corrected chi connectivity index (χ4v) is 7.39. The number of likely N-dealkylation sites (tertiary alicyclic amines) is 2. The molecule has 2 aliphatic heterocycles. The Morgan fingerprint density at radius 1 is 1.20 bits per heavy atom. The Morgan fingerprint density at radius 2 is 2.03 bits per heavy atom. The highest BCUT2D eigenvalue weighted by atomic mass is 16.5. The molecule has 3 fully saturated rings. The fourth-order valence-electron chi connectivity index (χ4n) is 7.39. The van der Waals surface area contributed by atoms with Crippen molar-refractivity contribution in [1.82, 2.24) is 14.8 Å². The Labute approximate surface area is 208 Å². The average Bonchev–Trinajstić information content (AvgIpc) is 3.67. The number of methoxy groups -OCH3 is 1. The number of fused-ring (bicyclic) bond motifs is 1. The summed E-state index contributed by atoms with van der Waals surface area (Å²) in [6.07, 6.45) is 7.82. The maximum atomic E-state index is 13.5. The molecule has 4 atom stereocenters. The minimum Gasteiger partial charge on any atom is -0.497 e. The molecule has 1 N–H and O–H groups in total. The smallest absolute Gasteiger partial charge is 0.228 e. The van der Waals surface area contributed by atoms with E-state index in [9.17, 15) is 9.90 Å². The Morgan fingerprint density at radius 3 is 2.77 bits per heavy atom. The summed E-state index contributed by atoms with van der Waals surface area (Å²) >= 11 is 0. The van der Waals surface area contributed by atoms with E-state index in [-0.39, 0.29) is 23.4 Å². The van der Waals surface area contributed by atoms with Gasteiger partial charge in [-0.1, -0.05) is 12.1 Å². The van der Waals surface area contributed by atoms with Gasteiger partial charge >= 0.3 is 0 Å². The number of aliphatic hydroxyl groups is 1. The first-order valence-electron chi connectivity index (χ1n) is 13.3. The van der Waals surface area contributed by atoms with Crippen molar-refractivity contribution in [3.8, 4) is 5.75 Å². The number of piperidine rings is 1. The molecule has 35 heavy (non-hydrogen) atoms. The highest BCUT2D eigenvalue weighted by molar-refractivity contribution is 5.78. The van der Waals surface area contributed by atoms with E-state index in [0.29, 0.717) is 19.4 Å². The molecule has 6 nitrogen and oxygen atoms in total. The Balaban J connectivity index is 1.38. The Hall–Kier alpha value is -2.44. The molecular weight excluding hydrogens is 438 g/mol. The summed E-state index contributed by atoms with van der Waals surface area (Å²) in [5.41, 5.74) is 2.13. The van der Waals surface area contributed by atoms with Gasteiger partial charge < -0.3 is 14.7 Å². The van der Waals surface area contributed by atoms with Gasteiger partial charge in [-0.05, 0) is 93.3 Å². The Kier molecular flexibility index (Phi) is 5.65. The molecule has 1 unspecified atom stereocenters. The third kappa shape index (κ3) is 3.77. The van der Waals surface area contributed by atoms with Crippen LogP contribution in [-0.2, 0) is 23.1 Å². The van der Waals surface area contributed by atoms with Gasteiger partial charge in [0.05, 0.1) is 19.1 Å². The van der Waals surface area contributed by atoms with Crippen LogP contribution in [0, 0.1) is 5.92 Å². The zero-order valence-corrected chi connectivity index (χ0v) is 20.9. The third-order valence-corrected chi connectivity index (χ3v) is 9.38. The first kappa shape index (κ1) is 23.0. The maximum absolute atomic E-state index is 13.5. The molecule has 1 aromatic carbocycles. The molecular formula is C29H37N3O3. The molecule has 2 bridgehead atoms. The fraction of sp³-hybridized carbons (Fsp3) is 0.586. The molecule has 4 aliphatic rings. The standard InChI is InChI=1S/C29H37N3O3/c1-20-18-29(34)26-15-22-8-9-24(35-2)17-25(22)28(29,10-13-31(26)19-21-6-7-21)11-14-32(20)27(33)16-23-5-3-4-12-30-23/h3-5,8-9,12,17,20-21,26,34H,6-7,10-11,13-16,18-19H2,1-2H3/t20?,26-,28-,29-/m1/s1. The van der Waals surface area contributed by atoms with Crippen molar-refractivity contribution in [2.24, 2.45) is 5.92 Å². The lowest BCUT2D eigenvalue weighted by Crippen LogP contribution is -2.71. The second kappa shape index (κ2) is 8.59. The van der Waals surface area contributed by atoms with Crippen LogP contribution in [0.2, 0.25) is 0 Å². The van der Waals surface area contributed by atoms with E-state index < -0.39 is 5.60 Å². The SMILES string of the molecule is COc1ccc2c(c1)[C@@]13CCN(C(=O)Cc4ccccn4)C(C)C[C@@]1(O)[C@@H](C2)N(CC1CC1)CC3. The number of nitrogens with zero attached hydrogens (tertiary/aromatic N) is 3. The van der Waals surface area contributed by atoms with E-state index in [1.54, 1.807) is 13.3 Å². The van der Waals surface area contributed by atoms with E-state index >= 15 is 0 Å². The molecule has 2 saturated heterocycles. The zero-order valence-electron chi connectivity index (χ0n) is 20.9.